The molecule has 5 nitrogen and oxygen atoms in total. The Morgan fingerprint density at radius 1 is 1.33 bits per heavy atom. The number of amides is 1. The molecule has 1 aliphatic heterocycles. The zero-order chi connectivity index (χ0) is 13.9. The molecule has 0 aliphatic carbocycles. The van der Waals surface area contributed by atoms with Gasteiger partial charge in [-0.15, -0.1) is 12.4 Å². The number of aromatic amines is 1. The Bertz CT molecular complexity index is 611. The van der Waals surface area contributed by atoms with Crippen molar-refractivity contribution >= 4 is 18.3 Å². The molecule has 0 unspecified atom stereocenters. The summed E-state index contributed by atoms with van der Waals surface area (Å²) in [4.78, 5) is 14.2. The monoisotopic (exact) mass is 306 g/mol. The topological polar surface area (TPSA) is 61.0 Å². The Morgan fingerprint density at radius 2 is 2.10 bits per heavy atom. The van der Waals surface area contributed by atoms with Crippen LogP contribution >= 0.6 is 12.4 Å². The molecule has 0 saturated heterocycles. The van der Waals surface area contributed by atoms with Crippen LogP contribution in [0.2, 0.25) is 0 Å². The molecule has 2 N–H and O–H groups in total. The Kier molecular flexibility index (Phi) is 4.98. The van der Waals surface area contributed by atoms with Gasteiger partial charge >= 0.3 is 0 Å². The van der Waals surface area contributed by atoms with Crippen molar-refractivity contribution in [2.75, 3.05) is 13.6 Å². The molecule has 1 aromatic carbocycles. The molecule has 0 bridgehead atoms. The van der Waals surface area contributed by atoms with Crippen LogP contribution in [0.15, 0.2) is 30.3 Å². The maximum Gasteiger partial charge on any atom is 0.274 e. The van der Waals surface area contributed by atoms with Gasteiger partial charge in [-0.25, -0.2) is 0 Å². The van der Waals surface area contributed by atoms with E-state index in [2.05, 4.69) is 15.5 Å². The van der Waals surface area contributed by atoms with Gasteiger partial charge in [0.25, 0.3) is 5.91 Å². The predicted octanol–water partition coefficient (Wildman–Crippen LogP) is 1.75. The first-order chi connectivity index (χ1) is 9.75. The summed E-state index contributed by atoms with van der Waals surface area (Å²) < 4.78 is 0. The van der Waals surface area contributed by atoms with Crippen molar-refractivity contribution in [1.29, 1.82) is 0 Å². The summed E-state index contributed by atoms with van der Waals surface area (Å²) in [6.07, 6.45) is 0.901. The molecule has 6 heteroatoms. The lowest BCUT2D eigenvalue weighted by Crippen LogP contribution is -2.29. The van der Waals surface area contributed by atoms with Gasteiger partial charge in [-0.05, 0) is 5.56 Å². The van der Waals surface area contributed by atoms with Crippen LogP contribution < -0.4 is 5.32 Å². The van der Waals surface area contributed by atoms with Gasteiger partial charge in [0.15, 0.2) is 5.69 Å². The number of nitrogens with one attached hydrogen (secondary N) is 2. The highest BCUT2D eigenvalue weighted by Gasteiger charge is 2.23. The number of carbonyl (C=O) groups excluding carboxylic acids is 1. The summed E-state index contributed by atoms with van der Waals surface area (Å²) in [5, 5.41) is 10.5. The van der Waals surface area contributed by atoms with Gasteiger partial charge < -0.3 is 10.2 Å². The first kappa shape index (κ1) is 15.5. The highest BCUT2D eigenvalue weighted by Crippen LogP contribution is 2.17. The van der Waals surface area contributed by atoms with E-state index in [1.54, 1.807) is 4.90 Å². The first-order valence-electron chi connectivity index (χ1n) is 6.82. The molecular weight excluding hydrogens is 288 g/mol. The average molecular weight is 307 g/mol. The third-order valence-electron chi connectivity index (χ3n) is 3.62. The third kappa shape index (κ3) is 3.25. The summed E-state index contributed by atoms with van der Waals surface area (Å²) in [5.74, 6) is -0.0324. The Balaban J connectivity index is 0.00000161. The van der Waals surface area contributed by atoms with Gasteiger partial charge in [0.1, 0.15) is 0 Å². The summed E-state index contributed by atoms with van der Waals surface area (Å²) >= 11 is 0. The fourth-order valence-electron chi connectivity index (χ4n) is 2.51. The normalized spacial score (nSPS) is 13.2. The summed E-state index contributed by atoms with van der Waals surface area (Å²) in [6.45, 7) is 2.24. The molecular formula is C15H19ClN4O. The van der Waals surface area contributed by atoms with Gasteiger partial charge in [0.2, 0.25) is 0 Å². The van der Waals surface area contributed by atoms with Crippen LogP contribution in [0, 0.1) is 0 Å². The van der Waals surface area contributed by atoms with E-state index < -0.39 is 0 Å². The molecule has 2 aromatic rings. The van der Waals surface area contributed by atoms with Crippen LogP contribution in [0.3, 0.4) is 0 Å². The summed E-state index contributed by atoms with van der Waals surface area (Å²) in [5.41, 5.74) is 3.76. The molecule has 0 radical (unpaired) electrons. The van der Waals surface area contributed by atoms with Gasteiger partial charge in [0, 0.05) is 44.4 Å². The zero-order valence-electron chi connectivity index (χ0n) is 11.9. The SMILES string of the molecule is CN(Cc1ccccc1)C(=O)c1n[nH]c2c1CNCC2.Cl. The highest BCUT2D eigenvalue weighted by molar-refractivity contribution is 5.93. The minimum absolute atomic E-state index is 0. The van der Waals surface area contributed by atoms with Crippen LogP contribution in [0.25, 0.3) is 0 Å². The van der Waals surface area contributed by atoms with Crippen molar-refractivity contribution in [3.05, 3.63) is 52.8 Å². The van der Waals surface area contributed by atoms with Crippen molar-refractivity contribution in [3.63, 3.8) is 0 Å². The largest absolute Gasteiger partial charge is 0.336 e. The first-order valence-corrected chi connectivity index (χ1v) is 6.82. The van der Waals surface area contributed by atoms with Crippen molar-refractivity contribution in [3.8, 4) is 0 Å². The lowest BCUT2D eigenvalue weighted by atomic mass is 10.1. The van der Waals surface area contributed by atoms with E-state index in [0.29, 0.717) is 18.8 Å². The lowest BCUT2D eigenvalue weighted by Gasteiger charge is -2.18. The maximum atomic E-state index is 12.5. The van der Waals surface area contributed by atoms with Crippen molar-refractivity contribution < 1.29 is 4.79 Å². The fourth-order valence-corrected chi connectivity index (χ4v) is 2.51. The molecule has 0 saturated carbocycles. The molecule has 0 fully saturated rings. The van der Waals surface area contributed by atoms with E-state index in [0.717, 1.165) is 29.8 Å². The van der Waals surface area contributed by atoms with E-state index in [1.807, 2.05) is 37.4 Å². The van der Waals surface area contributed by atoms with Crippen molar-refractivity contribution in [2.24, 2.45) is 0 Å². The molecule has 2 heterocycles. The van der Waals surface area contributed by atoms with E-state index in [1.165, 1.54) is 0 Å². The highest BCUT2D eigenvalue weighted by atomic mass is 35.5. The second kappa shape index (κ2) is 6.74. The standard InChI is InChI=1S/C15H18N4O.ClH/c1-19(10-11-5-3-2-4-6-11)15(20)14-12-9-16-8-7-13(12)17-18-14;/h2-6,16H,7-10H2,1H3,(H,17,18);1H. The van der Waals surface area contributed by atoms with E-state index in [9.17, 15) is 4.79 Å². The molecule has 0 spiro atoms. The van der Waals surface area contributed by atoms with Gasteiger partial charge in [-0.3, -0.25) is 9.89 Å². The molecule has 3 rings (SSSR count). The van der Waals surface area contributed by atoms with E-state index in [4.69, 9.17) is 0 Å². The molecule has 1 amide bonds. The number of rotatable bonds is 3. The number of H-pyrrole nitrogens is 1. The molecule has 1 aliphatic rings. The minimum Gasteiger partial charge on any atom is -0.336 e. The average Bonchev–Trinajstić information content (AvgIpc) is 2.91. The smallest absolute Gasteiger partial charge is 0.274 e. The van der Waals surface area contributed by atoms with E-state index >= 15 is 0 Å². The Hall–Kier alpha value is -1.85. The number of carbonyl (C=O) groups is 1. The number of nitrogens with zero attached hydrogens (tertiary/aromatic N) is 2. The molecule has 112 valence electrons. The van der Waals surface area contributed by atoms with Crippen LogP contribution in [-0.4, -0.2) is 34.6 Å². The summed E-state index contributed by atoms with van der Waals surface area (Å²) in [6, 6.07) is 9.97. The zero-order valence-corrected chi connectivity index (χ0v) is 12.7. The Labute approximate surface area is 130 Å². The van der Waals surface area contributed by atoms with Gasteiger partial charge in [-0.1, -0.05) is 30.3 Å². The van der Waals surface area contributed by atoms with Crippen LogP contribution in [0.5, 0.6) is 0 Å². The Morgan fingerprint density at radius 3 is 2.86 bits per heavy atom. The quantitative estimate of drug-likeness (QED) is 0.908. The van der Waals surface area contributed by atoms with Crippen LogP contribution in [0.4, 0.5) is 0 Å². The van der Waals surface area contributed by atoms with E-state index in [-0.39, 0.29) is 18.3 Å². The number of benzene rings is 1. The maximum absolute atomic E-state index is 12.5. The van der Waals surface area contributed by atoms with Gasteiger partial charge in [-0.2, -0.15) is 5.10 Å². The molecule has 1 aromatic heterocycles. The number of halogens is 1. The molecule has 21 heavy (non-hydrogen) atoms. The van der Waals surface area contributed by atoms with Crippen molar-refractivity contribution in [2.45, 2.75) is 19.5 Å². The number of hydrogen-bond acceptors (Lipinski definition) is 3. The predicted molar refractivity (Wildman–Crippen MR) is 83.5 cm³/mol. The lowest BCUT2D eigenvalue weighted by molar-refractivity contribution is 0.0778. The second-order valence-corrected chi connectivity index (χ2v) is 5.10. The fraction of sp³-hybridized carbons (Fsp3) is 0.333. The van der Waals surface area contributed by atoms with Crippen LogP contribution in [0.1, 0.15) is 27.3 Å². The number of fused-ring (bicyclic) bond motifs is 1. The van der Waals surface area contributed by atoms with Gasteiger partial charge in [0.05, 0.1) is 0 Å². The minimum atomic E-state index is -0.0324. The third-order valence-corrected chi connectivity index (χ3v) is 3.62. The number of aromatic nitrogens is 2. The summed E-state index contributed by atoms with van der Waals surface area (Å²) in [7, 11) is 1.81. The molecule has 0 atom stereocenters. The van der Waals surface area contributed by atoms with Crippen LogP contribution in [-0.2, 0) is 19.5 Å². The number of hydrogen-bond donors (Lipinski definition) is 2. The second-order valence-electron chi connectivity index (χ2n) is 5.10. The van der Waals surface area contributed by atoms with Crippen molar-refractivity contribution in [1.82, 2.24) is 20.4 Å².